The molecule has 1 N–H and O–H groups in total. The number of hydrogen-bond donors (Lipinski definition) is 1. The van der Waals surface area contributed by atoms with E-state index < -0.39 is 0 Å². The summed E-state index contributed by atoms with van der Waals surface area (Å²) in [5.74, 6) is 0.793. The Kier molecular flexibility index (Phi) is 9.42. The average Bonchev–Trinajstić information content (AvgIpc) is 2.19. The van der Waals surface area contributed by atoms with Crippen LogP contribution in [0.25, 0.3) is 0 Å². The third-order valence-electron chi connectivity index (χ3n) is 2.81. The van der Waals surface area contributed by atoms with Gasteiger partial charge in [0.2, 0.25) is 0 Å². The summed E-state index contributed by atoms with van der Waals surface area (Å²) in [4.78, 5) is 0. The standard InChI is InChI=1S/C12H26O2/c1-4-6-7-11(5-2)8-9-12(13)10-14-3/h11-13H,4-10H2,1-3H3. The first-order valence-corrected chi connectivity index (χ1v) is 5.91. The quantitative estimate of drug-likeness (QED) is 0.623. The van der Waals surface area contributed by atoms with Crippen molar-refractivity contribution in [1.29, 1.82) is 0 Å². The van der Waals surface area contributed by atoms with Gasteiger partial charge in [-0.05, 0) is 18.8 Å². The van der Waals surface area contributed by atoms with Gasteiger partial charge in [0.25, 0.3) is 0 Å². The second-order valence-corrected chi connectivity index (χ2v) is 4.10. The van der Waals surface area contributed by atoms with Crippen molar-refractivity contribution in [2.75, 3.05) is 13.7 Å². The molecule has 0 aromatic heterocycles. The maximum absolute atomic E-state index is 9.49. The van der Waals surface area contributed by atoms with Crippen LogP contribution >= 0.6 is 0 Å². The molecule has 2 atom stereocenters. The van der Waals surface area contributed by atoms with Gasteiger partial charge < -0.3 is 9.84 Å². The number of hydrogen-bond acceptors (Lipinski definition) is 2. The van der Waals surface area contributed by atoms with Crippen molar-refractivity contribution in [2.45, 2.75) is 58.5 Å². The van der Waals surface area contributed by atoms with E-state index in [1.54, 1.807) is 7.11 Å². The highest BCUT2D eigenvalue weighted by Gasteiger charge is 2.09. The highest BCUT2D eigenvalue weighted by Crippen LogP contribution is 2.19. The van der Waals surface area contributed by atoms with Gasteiger partial charge in [0, 0.05) is 7.11 Å². The molecular formula is C12H26O2. The normalized spacial score (nSPS) is 15.4. The van der Waals surface area contributed by atoms with Crippen LogP contribution in [0.3, 0.4) is 0 Å². The smallest absolute Gasteiger partial charge is 0.0773 e. The maximum atomic E-state index is 9.49. The molecule has 2 heteroatoms. The van der Waals surface area contributed by atoms with E-state index in [9.17, 15) is 5.11 Å². The molecule has 0 saturated heterocycles. The molecule has 0 aliphatic carbocycles. The van der Waals surface area contributed by atoms with E-state index in [-0.39, 0.29) is 6.10 Å². The fourth-order valence-electron chi connectivity index (χ4n) is 1.75. The number of unbranched alkanes of at least 4 members (excludes halogenated alkanes) is 1. The predicted octanol–water partition coefficient (Wildman–Crippen LogP) is 2.99. The highest BCUT2D eigenvalue weighted by atomic mass is 16.5. The Morgan fingerprint density at radius 2 is 1.86 bits per heavy atom. The lowest BCUT2D eigenvalue weighted by molar-refractivity contribution is 0.0545. The molecule has 0 amide bonds. The SMILES string of the molecule is CCCCC(CC)CCC(O)COC. The van der Waals surface area contributed by atoms with E-state index >= 15 is 0 Å². The molecule has 2 unspecified atom stereocenters. The molecule has 2 nitrogen and oxygen atoms in total. The van der Waals surface area contributed by atoms with E-state index in [0.717, 1.165) is 18.8 Å². The third-order valence-corrected chi connectivity index (χ3v) is 2.81. The minimum Gasteiger partial charge on any atom is -0.391 e. The molecule has 14 heavy (non-hydrogen) atoms. The molecule has 0 rings (SSSR count). The summed E-state index contributed by atoms with van der Waals surface area (Å²) >= 11 is 0. The van der Waals surface area contributed by atoms with Crippen LogP contribution in [-0.4, -0.2) is 24.9 Å². The predicted molar refractivity (Wildman–Crippen MR) is 60.4 cm³/mol. The Balaban J connectivity index is 3.50. The second kappa shape index (κ2) is 9.47. The van der Waals surface area contributed by atoms with Gasteiger partial charge in [0.15, 0.2) is 0 Å². The Morgan fingerprint density at radius 3 is 2.36 bits per heavy atom. The minimum atomic E-state index is -0.268. The summed E-state index contributed by atoms with van der Waals surface area (Å²) in [5.41, 5.74) is 0. The Morgan fingerprint density at radius 1 is 1.14 bits per heavy atom. The molecule has 0 fully saturated rings. The molecule has 0 aromatic carbocycles. The van der Waals surface area contributed by atoms with Crippen LogP contribution in [0.15, 0.2) is 0 Å². The molecule has 0 radical (unpaired) electrons. The van der Waals surface area contributed by atoms with Gasteiger partial charge in [-0.1, -0.05) is 39.5 Å². The van der Waals surface area contributed by atoms with Crippen LogP contribution in [-0.2, 0) is 4.74 Å². The molecule has 0 bridgehead atoms. The van der Waals surface area contributed by atoms with E-state index in [1.165, 1.54) is 25.7 Å². The summed E-state index contributed by atoms with van der Waals surface area (Å²) in [5, 5.41) is 9.49. The first-order chi connectivity index (χ1) is 6.74. The highest BCUT2D eigenvalue weighted by molar-refractivity contribution is 4.62. The lowest BCUT2D eigenvalue weighted by Gasteiger charge is -2.16. The van der Waals surface area contributed by atoms with Crippen molar-refractivity contribution in [3.05, 3.63) is 0 Å². The Hall–Kier alpha value is -0.0800. The first kappa shape index (κ1) is 13.9. The Bertz CT molecular complexity index is 115. The largest absolute Gasteiger partial charge is 0.391 e. The zero-order valence-corrected chi connectivity index (χ0v) is 9.96. The van der Waals surface area contributed by atoms with Gasteiger partial charge in [0.05, 0.1) is 12.7 Å². The fourth-order valence-corrected chi connectivity index (χ4v) is 1.75. The van der Waals surface area contributed by atoms with Crippen LogP contribution < -0.4 is 0 Å². The second-order valence-electron chi connectivity index (χ2n) is 4.10. The molecular weight excluding hydrogens is 176 g/mol. The summed E-state index contributed by atoms with van der Waals surface area (Å²) < 4.78 is 4.90. The summed E-state index contributed by atoms with van der Waals surface area (Å²) in [7, 11) is 1.64. The van der Waals surface area contributed by atoms with Gasteiger partial charge in [0.1, 0.15) is 0 Å². The van der Waals surface area contributed by atoms with Gasteiger partial charge >= 0.3 is 0 Å². The van der Waals surface area contributed by atoms with Gasteiger partial charge in [-0.2, -0.15) is 0 Å². The zero-order valence-electron chi connectivity index (χ0n) is 9.96. The number of aliphatic hydroxyl groups excluding tert-OH is 1. The van der Waals surface area contributed by atoms with Gasteiger partial charge in [-0.25, -0.2) is 0 Å². The summed E-state index contributed by atoms with van der Waals surface area (Å²) in [6.45, 7) is 4.94. The molecule has 0 heterocycles. The van der Waals surface area contributed by atoms with E-state index in [4.69, 9.17) is 4.74 Å². The van der Waals surface area contributed by atoms with Crippen molar-refractivity contribution >= 4 is 0 Å². The van der Waals surface area contributed by atoms with Crippen molar-refractivity contribution < 1.29 is 9.84 Å². The summed E-state index contributed by atoms with van der Waals surface area (Å²) in [6.07, 6.45) is 6.90. The third kappa shape index (κ3) is 7.34. The zero-order chi connectivity index (χ0) is 10.8. The van der Waals surface area contributed by atoms with Crippen LogP contribution in [0.5, 0.6) is 0 Å². The van der Waals surface area contributed by atoms with Gasteiger partial charge in [-0.15, -0.1) is 0 Å². The van der Waals surface area contributed by atoms with Crippen LogP contribution in [0.1, 0.15) is 52.4 Å². The fraction of sp³-hybridized carbons (Fsp3) is 1.00. The monoisotopic (exact) mass is 202 g/mol. The number of ether oxygens (including phenoxy) is 1. The van der Waals surface area contributed by atoms with E-state index in [2.05, 4.69) is 13.8 Å². The number of aliphatic hydroxyl groups is 1. The molecule has 0 aromatic rings. The van der Waals surface area contributed by atoms with Crippen LogP contribution in [0, 0.1) is 5.92 Å². The average molecular weight is 202 g/mol. The molecule has 0 aliphatic heterocycles. The maximum Gasteiger partial charge on any atom is 0.0773 e. The van der Waals surface area contributed by atoms with Crippen LogP contribution in [0.4, 0.5) is 0 Å². The Labute approximate surface area is 88.7 Å². The molecule has 0 spiro atoms. The molecule has 86 valence electrons. The number of rotatable bonds is 9. The van der Waals surface area contributed by atoms with Crippen molar-refractivity contribution in [1.82, 2.24) is 0 Å². The lowest BCUT2D eigenvalue weighted by atomic mass is 9.93. The van der Waals surface area contributed by atoms with Gasteiger partial charge in [-0.3, -0.25) is 0 Å². The molecule has 0 aliphatic rings. The van der Waals surface area contributed by atoms with Crippen molar-refractivity contribution in [3.63, 3.8) is 0 Å². The number of methoxy groups -OCH3 is 1. The van der Waals surface area contributed by atoms with E-state index in [1.807, 2.05) is 0 Å². The van der Waals surface area contributed by atoms with Crippen molar-refractivity contribution in [2.24, 2.45) is 5.92 Å². The van der Waals surface area contributed by atoms with Crippen molar-refractivity contribution in [3.8, 4) is 0 Å². The topological polar surface area (TPSA) is 29.5 Å². The lowest BCUT2D eigenvalue weighted by Crippen LogP contribution is -2.15. The van der Waals surface area contributed by atoms with E-state index in [0.29, 0.717) is 6.61 Å². The van der Waals surface area contributed by atoms with Crippen LogP contribution in [0.2, 0.25) is 0 Å². The first-order valence-electron chi connectivity index (χ1n) is 5.91. The molecule has 0 saturated carbocycles. The minimum absolute atomic E-state index is 0.268. The summed E-state index contributed by atoms with van der Waals surface area (Å²) in [6, 6.07) is 0.